The Kier molecular flexibility index (Phi) is 3.15. The molecule has 78 valence electrons. The quantitative estimate of drug-likeness (QED) is 0.471. The van der Waals surface area contributed by atoms with E-state index in [1.165, 1.54) is 0 Å². The van der Waals surface area contributed by atoms with Crippen molar-refractivity contribution in [2.45, 2.75) is 63.5 Å². The molecule has 0 aliphatic heterocycles. The lowest BCUT2D eigenvalue weighted by Crippen LogP contribution is -2.40. The maximum Gasteiger partial charge on any atom is 0.433 e. The molecule has 0 nitrogen and oxygen atoms in total. The van der Waals surface area contributed by atoms with Crippen molar-refractivity contribution in [1.29, 1.82) is 0 Å². The van der Waals surface area contributed by atoms with Crippen LogP contribution in [0.5, 0.6) is 0 Å². The number of rotatable bonds is 3. The first-order valence-electron chi connectivity index (χ1n) is 5.29. The third kappa shape index (κ3) is 1.95. The average molecular weight is 206 g/mol. The second-order valence-electron chi connectivity index (χ2n) is 4.84. The summed E-state index contributed by atoms with van der Waals surface area (Å²) in [7, 11) is -4.00. The van der Waals surface area contributed by atoms with Crippen molar-refractivity contribution in [1.82, 2.24) is 0 Å². The summed E-state index contributed by atoms with van der Waals surface area (Å²) >= 11 is 0. The molecule has 0 heterocycles. The molecule has 0 saturated heterocycles. The highest BCUT2D eigenvalue weighted by molar-refractivity contribution is 6.70. The van der Waals surface area contributed by atoms with Crippen molar-refractivity contribution < 1.29 is 8.22 Å². The average Bonchev–Trinajstić information content (AvgIpc) is 2.56. The molecule has 1 aliphatic carbocycles. The van der Waals surface area contributed by atoms with E-state index >= 15 is 0 Å². The molecule has 0 radical (unpaired) electrons. The van der Waals surface area contributed by atoms with Gasteiger partial charge in [0.2, 0.25) is 0 Å². The van der Waals surface area contributed by atoms with Gasteiger partial charge >= 0.3 is 8.74 Å². The summed E-state index contributed by atoms with van der Waals surface area (Å²) in [5, 5.41) is -0.692. The minimum atomic E-state index is -4.00. The van der Waals surface area contributed by atoms with Crippen molar-refractivity contribution in [3.05, 3.63) is 0 Å². The Balaban J connectivity index is 2.73. The van der Waals surface area contributed by atoms with Crippen LogP contribution >= 0.6 is 0 Å². The van der Waals surface area contributed by atoms with Gasteiger partial charge < -0.3 is 0 Å². The first kappa shape index (κ1) is 11.2. The van der Waals surface area contributed by atoms with E-state index in [-0.39, 0.29) is 5.54 Å². The molecule has 0 N–H and O–H groups in total. The van der Waals surface area contributed by atoms with Crippen molar-refractivity contribution in [2.75, 3.05) is 0 Å². The lowest BCUT2D eigenvalue weighted by Gasteiger charge is -2.34. The molecule has 0 aromatic carbocycles. The van der Waals surface area contributed by atoms with Gasteiger partial charge in [-0.05, 0) is 19.3 Å². The second kappa shape index (κ2) is 3.68. The number of hydrogen-bond donors (Lipinski definition) is 0. The first-order valence-corrected chi connectivity index (χ1v) is 7.13. The van der Waals surface area contributed by atoms with Gasteiger partial charge in [0.25, 0.3) is 0 Å². The zero-order chi connectivity index (χ0) is 10.1. The van der Waals surface area contributed by atoms with Gasteiger partial charge in [-0.15, -0.1) is 0 Å². The van der Waals surface area contributed by atoms with Gasteiger partial charge in [0.05, 0.1) is 0 Å². The predicted octanol–water partition coefficient (Wildman–Crippen LogP) is 4.50. The standard InChI is InChI=1S/C10H20F2Si/c1-4-10(2,3)13(11,12)9-7-5-6-8-9/h9H,4-8H2,1-3H3. The van der Waals surface area contributed by atoms with Crippen molar-refractivity contribution >= 4 is 8.74 Å². The molecule has 0 bridgehead atoms. The summed E-state index contributed by atoms with van der Waals surface area (Å²) in [5.41, 5.74) is -0.220. The van der Waals surface area contributed by atoms with E-state index in [1.54, 1.807) is 13.8 Å². The van der Waals surface area contributed by atoms with E-state index in [0.29, 0.717) is 6.42 Å². The van der Waals surface area contributed by atoms with Gasteiger partial charge in [0.15, 0.2) is 0 Å². The maximum atomic E-state index is 14.0. The minimum absolute atomic E-state index is 0.220. The van der Waals surface area contributed by atoms with E-state index in [9.17, 15) is 8.22 Å². The summed E-state index contributed by atoms with van der Waals surface area (Å²) in [5.74, 6) is 0. The van der Waals surface area contributed by atoms with Crippen LogP contribution in [0.15, 0.2) is 0 Å². The summed E-state index contributed by atoms with van der Waals surface area (Å²) in [6, 6.07) is 0. The normalized spacial score (nSPS) is 21.0. The molecule has 3 heteroatoms. The molecule has 13 heavy (non-hydrogen) atoms. The Labute approximate surface area is 81.1 Å². The van der Waals surface area contributed by atoms with Gasteiger partial charge in [-0.2, -0.15) is 0 Å². The topological polar surface area (TPSA) is 0 Å². The van der Waals surface area contributed by atoms with E-state index in [0.717, 1.165) is 25.7 Å². The van der Waals surface area contributed by atoms with Crippen molar-refractivity contribution in [3.8, 4) is 0 Å². The molecule has 1 fully saturated rings. The van der Waals surface area contributed by atoms with Crippen LogP contribution in [-0.2, 0) is 0 Å². The first-order chi connectivity index (χ1) is 5.92. The zero-order valence-electron chi connectivity index (χ0n) is 8.87. The van der Waals surface area contributed by atoms with Crippen molar-refractivity contribution in [3.63, 3.8) is 0 Å². The molecule has 1 rings (SSSR count). The van der Waals surface area contributed by atoms with Gasteiger partial charge in [-0.1, -0.05) is 33.6 Å². The predicted molar refractivity (Wildman–Crippen MR) is 54.5 cm³/mol. The summed E-state index contributed by atoms with van der Waals surface area (Å²) in [4.78, 5) is 0. The van der Waals surface area contributed by atoms with Crippen molar-refractivity contribution in [2.24, 2.45) is 0 Å². The molecule has 0 aromatic heterocycles. The molecule has 1 aliphatic rings. The van der Waals surface area contributed by atoms with E-state index in [4.69, 9.17) is 0 Å². The Bertz CT molecular complexity index is 172. The fraction of sp³-hybridized carbons (Fsp3) is 1.00. The molecular formula is C10H20F2Si. The lowest BCUT2D eigenvalue weighted by molar-refractivity contribution is 0.430. The number of halogens is 2. The van der Waals surface area contributed by atoms with Crippen LogP contribution < -0.4 is 0 Å². The van der Waals surface area contributed by atoms with Crippen LogP contribution in [0.3, 0.4) is 0 Å². The van der Waals surface area contributed by atoms with Crippen LogP contribution in [0.4, 0.5) is 8.22 Å². The Morgan fingerprint density at radius 1 is 1.23 bits per heavy atom. The monoisotopic (exact) mass is 206 g/mol. The fourth-order valence-corrected chi connectivity index (χ4v) is 4.79. The van der Waals surface area contributed by atoms with Crippen LogP contribution in [-0.4, -0.2) is 8.74 Å². The van der Waals surface area contributed by atoms with Crippen LogP contribution in [0.1, 0.15) is 52.9 Å². The molecule has 0 amide bonds. The summed E-state index contributed by atoms with van der Waals surface area (Å²) in [6.45, 7) is 5.38. The smallest absolute Gasteiger partial charge is 0.270 e. The maximum absolute atomic E-state index is 14.0. The van der Waals surface area contributed by atoms with Gasteiger partial charge in [0, 0.05) is 10.6 Å². The Morgan fingerprint density at radius 2 is 1.69 bits per heavy atom. The van der Waals surface area contributed by atoms with Gasteiger partial charge in [-0.3, -0.25) is 8.22 Å². The largest absolute Gasteiger partial charge is 0.433 e. The van der Waals surface area contributed by atoms with E-state index < -0.39 is 13.8 Å². The second-order valence-corrected chi connectivity index (χ2v) is 8.26. The van der Waals surface area contributed by atoms with Crippen LogP contribution in [0.2, 0.25) is 10.6 Å². The highest BCUT2D eigenvalue weighted by atomic mass is 28.4. The van der Waals surface area contributed by atoms with Gasteiger partial charge in [0.1, 0.15) is 0 Å². The lowest BCUT2D eigenvalue weighted by atomic mass is 10.1. The zero-order valence-corrected chi connectivity index (χ0v) is 9.87. The summed E-state index contributed by atoms with van der Waals surface area (Å²) in [6.07, 6.45) is 4.22. The molecule has 0 atom stereocenters. The van der Waals surface area contributed by atoms with E-state index in [1.807, 2.05) is 6.92 Å². The highest BCUT2D eigenvalue weighted by Gasteiger charge is 2.56. The SMILES string of the molecule is CCC(C)(C)[Si](F)(F)C1CCCC1. The van der Waals surface area contributed by atoms with E-state index in [2.05, 4.69) is 0 Å². The third-order valence-electron chi connectivity index (χ3n) is 3.65. The Hall–Kier alpha value is 0.0769. The Morgan fingerprint density at radius 3 is 2.08 bits per heavy atom. The molecular weight excluding hydrogens is 186 g/mol. The fourth-order valence-electron chi connectivity index (χ4n) is 2.08. The summed E-state index contributed by atoms with van der Waals surface area (Å²) < 4.78 is 28.1. The molecule has 0 aromatic rings. The minimum Gasteiger partial charge on any atom is -0.270 e. The molecule has 1 saturated carbocycles. The highest BCUT2D eigenvalue weighted by Crippen LogP contribution is 2.53. The van der Waals surface area contributed by atoms with Crippen LogP contribution in [0.25, 0.3) is 0 Å². The van der Waals surface area contributed by atoms with Crippen LogP contribution in [0, 0.1) is 0 Å². The van der Waals surface area contributed by atoms with Gasteiger partial charge in [-0.25, -0.2) is 0 Å². The number of hydrogen-bond acceptors (Lipinski definition) is 0. The molecule has 0 spiro atoms. The molecule has 0 unspecified atom stereocenters. The third-order valence-corrected chi connectivity index (χ3v) is 7.42.